The fraction of sp³-hybridized carbons (Fsp3) is 0.357. The number of carbonyl (C=O) groups is 1. The Labute approximate surface area is 113 Å². The maximum atomic E-state index is 11.4. The Bertz CT molecular complexity index is 432. The van der Waals surface area contributed by atoms with Crippen molar-refractivity contribution in [2.45, 2.75) is 19.9 Å². The van der Waals surface area contributed by atoms with Gasteiger partial charge in [0, 0.05) is 23.2 Å². The molecule has 1 N–H and O–H groups in total. The normalized spacial score (nSPS) is 11.9. The van der Waals surface area contributed by atoms with Crippen molar-refractivity contribution in [2.75, 3.05) is 13.2 Å². The first kappa shape index (κ1) is 14.7. The highest BCUT2D eigenvalue weighted by Crippen LogP contribution is 2.17. The van der Waals surface area contributed by atoms with Crippen LogP contribution in [0.25, 0.3) is 0 Å². The molecule has 0 aliphatic carbocycles. The van der Waals surface area contributed by atoms with E-state index in [1.807, 2.05) is 31.2 Å². The van der Waals surface area contributed by atoms with E-state index >= 15 is 0 Å². The third kappa shape index (κ3) is 4.51. The summed E-state index contributed by atoms with van der Waals surface area (Å²) >= 11 is 5.92. The minimum atomic E-state index is -0.358. The molecule has 0 radical (unpaired) electrons. The third-order valence-corrected chi connectivity index (χ3v) is 2.77. The second-order valence-corrected chi connectivity index (χ2v) is 4.42. The minimum absolute atomic E-state index is 0.0925. The van der Waals surface area contributed by atoms with Crippen molar-refractivity contribution in [3.8, 4) is 0 Å². The molecule has 0 bridgehead atoms. The molecule has 18 heavy (non-hydrogen) atoms. The molecule has 3 nitrogen and oxygen atoms in total. The van der Waals surface area contributed by atoms with Gasteiger partial charge in [-0.1, -0.05) is 30.3 Å². The maximum Gasteiger partial charge on any atom is 0.334 e. The summed E-state index contributed by atoms with van der Waals surface area (Å²) < 4.78 is 4.86. The van der Waals surface area contributed by atoms with Crippen LogP contribution >= 0.6 is 11.6 Å². The Hall–Kier alpha value is -1.32. The third-order valence-electron chi connectivity index (χ3n) is 2.53. The predicted octanol–water partition coefficient (Wildman–Crippen LogP) is 3.11. The zero-order valence-corrected chi connectivity index (χ0v) is 11.5. The van der Waals surface area contributed by atoms with Crippen molar-refractivity contribution in [3.05, 3.63) is 47.0 Å². The minimum Gasteiger partial charge on any atom is -0.463 e. The average molecular weight is 268 g/mol. The first-order chi connectivity index (χ1) is 8.54. The van der Waals surface area contributed by atoms with Gasteiger partial charge in [0.2, 0.25) is 0 Å². The average Bonchev–Trinajstić information content (AvgIpc) is 2.35. The molecule has 1 unspecified atom stereocenters. The molecular formula is C14H18ClNO2. The molecule has 4 heteroatoms. The van der Waals surface area contributed by atoms with E-state index in [-0.39, 0.29) is 12.0 Å². The lowest BCUT2D eigenvalue weighted by molar-refractivity contribution is -0.138. The highest BCUT2D eigenvalue weighted by Gasteiger charge is 2.10. The fourth-order valence-electron chi connectivity index (χ4n) is 1.48. The maximum absolute atomic E-state index is 11.4. The van der Waals surface area contributed by atoms with Crippen molar-refractivity contribution < 1.29 is 9.53 Å². The number of benzene rings is 1. The lowest BCUT2D eigenvalue weighted by Crippen LogP contribution is -2.24. The Kier molecular flexibility index (Phi) is 5.89. The van der Waals surface area contributed by atoms with Gasteiger partial charge >= 0.3 is 5.97 Å². The van der Waals surface area contributed by atoms with E-state index in [9.17, 15) is 4.79 Å². The molecule has 0 aromatic heterocycles. The molecule has 0 heterocycles. The van der Waals surface area contributed by atoms with E-state index in [0.717, 1.165) is 5.56 Å². The molecule has 98 valence electrons. The number of carbonyl (C=O) groups excluding carboxylic acids is 1. The van der Waals surface area contributed by atoms with Crippen LogP contribution in [0.15, 0.2) is 36.4 Å². The molecule has 0 amide bonds. The van der Waals surface area contributed by atoms with E-state index in [1.54, 1.807) is 6.92 Å². The highest BCUT2D eigenvalue weighted by molar-refractivity contribution is 6.30. The molecule has 0 saturated heterocycles. The molecule has 0 aliphatic rings. The van der Waals surface area contributed by atoms with Crippen LogP contribution in [0.2, 0.25) is 5.02 Å². The lowest BCUT2D eigenvalue weighted by Gasteiger charge is -2.15. The van der Waals surface area contributed by atoms with Gasteiger partial charge in [0.15, 0.2) is 0 Å². The molecule has 1 rings (SSSR count). The molecular weight excluding hydrogens is 250 g/mol. The number of hydrogen-bond donors (Lipinski definition) is 1. The van der Waals surface area contributed by atoms with Crippen LogP contribution in [0, 0.1) is 0 Å². The Balaban J connectivity index is 2.48. The summed E-state index contributed by atoms with van der Waals surface area (Å²) in [5.41, 5.74) is 1.49. The zero-order valence-electron chi connectivity index (χ0n) is 10.7. The van der Waals surface area contributed by atoms with E-state index in [0.29, 0.717) is 23.7 Å². The molecule has 0 saturated carbocycles. The first-order valence-electron chi connectivity index (χ1n) is 5.88. The van der Waals surface area contributed by atoms with Crippen LogP contribution < -0.4 is 5.32 Å². The van der Waals surface area contributed by atoms with Crippen molar-refractivity contribution in [3.63, 3.8) is 0 Å². The van der Waals surface area contributed by atoms with E-state index in [1.165, 1.54) is 0 Å². The van der Waals surface area contributed by atoms with Gasteiger partial charge in [-0.05, 0) is 31.5 Å². The predicted molar refractivity (Wildman–Crippen MR) is 73.6 cm³/mol. The largest absolute Gasteiger partial charge is 0.463 e. The van der Waals surface area contributed by atoms with Gasteiger partial charge < -0.3 is 10.1 Å². The number of nitrogens with one attached hydrogen (secondary N) is 1. The first-order valence-corrected chi connectivity index (χ1v) is 6.26. The summed E-state index contributed by atoms with van der Waals surface area (Å²) in [6, 6.07) is 7.70. The summed E-state index contributed by atoms with van der Waals surface area (Å²) in [5.74, 6) is -0.358. The lowest BCUT2D eigenvalue weighted by atomic mass is 10.1. The summed E-state index contributed by atoms with van der Waals surface area (Å²) in [7, 11) is 0. The Morgan fingerprint density at radius 1 is 1.56 bits per heavy atom. The van der Waals surface area contributed by atoms with Crippen molar-refractivity contribution in [2.24, 2.45) is 0 Å². The van der Waals surface area contributed by atoms with E-state index in [4.69, 9.17) is 16.3 Å². The SMILES string of the molecule is C=C(CNC(C)c1cccc(Cl)c1)C(=O)OCC. The van der Waals surface area contributed by atoms with Crippen LogP contribution in [-0.2, 0) is 9.53 Å². The number of ether oxygens (including phenoxy) is 1. The van der Waals surface area contributed by atoms with Crippen LogP contribution in [0.4, 0.5) is 0 Å². The van der Waals surface area contributed by atoms with Crippen LogP contribution in [0.1, 0.15) is 25.5 Å². The molecule has 0 aliphatic heterocycles. The van der Waals surface area contributed by atoms with Crippen molar-refractivity contribution in [1.29, 1.82) is 0 Å². The smallest absolute Gasteiger partial charge is 0.334 e. The zero-order chi connectivity index (χ0) is 13.5. The van der Waals surface area contributed by atoms with Gasteiger partial charge in [0.25, 0.3) is 0 Å². The monoisotopic (exact) mass is 267 g/mol. The number of rotatable bonds is 6. The second kappa shape index (κ2) is 7.19. The van der Waals surface area contributed by atoms with Gasteiger partial charge in [-0.2, -0.15) is 0 Å². The Morgan fingerprint density at radius 3 is 2.89 bits per heavy atom. The summed E-state index contributed by atoms with van der Waals surface area (Å²) in [6.45, 7) is 8.23. The number of esters is 1. The summed E-state index contributed by atoms with van der Waals surface area (Å²) in [5, 5.41) is 3.91. The molecule has 0 fully saturated rings. The van der Waals surface area contributed by atoms with Crippen molar-refractivity contribution in [1.82, 2.24) is 5.32 Å². The molecule has 1 aromatic carbocycles. The molecule has 1 atom stereocenters. The van der Waals surface area contributed by atoms with E-state index in [2.05, 4.69) is 11.9 Å². The van der Waals surface area contributed by atoms with Gasteiger partial charge in [-0.15, -0.1) is 0 Å². The summed E-state index contributed by atoms with van der Waals surface area (Å²) in [4.78, 5) is 11.4. The van der Waals surface area contributed by atoms with Crippen LogP contribution in [-0.4, -0.2) is 19.1 Å². The Morgan fingerprint density at radius 2 is 2.28 bits per heavy atom. The summed E-state index contributed by atoms with van der Waals surface area (Å²) in [6.07, 6.45) is 0. The standard InChI is InChI=1S/C14H18ClNO2/c1-4-18-14(17)10(2)9-16-11(3)12-6-5-7-13(15)8-12/h5-8,11,16H,2,4,9H2,1,3H3. The molecule has 0 spiro atoms. The number of hydrogen-bond acceptors (Lipinski definition) is 3. The highest BCUT2D eigenvalue weighted by atomic mass is 35.5. The topological polar surface area (TPSA) is 38.3 Å². The second-order valence-electron chi connectivity index (χ2n) is 3.98. The van der Waals surface area contributed by atoms with Gasteiger partial charge in [-0.3, -0.25) is 0 Å². The van der Waals surface area contributed by atoms with E-state index < -0.39 is 0 Å². The quantitative estimate of drug-likeness (QED) is 0.636. The fourth-order valence-corrected chi connectivity index (χ4v) is 1.67. The number of halogens is 1. The molecule has 1 aromatic rings. The van der Waals surface area contributed by atoms with Crippen LogP contribution in [0.5, 0.6) is 0 Å². The van der Waals surface area contributed by atoms with Gasteiger partial charge in [0.1, 0.15) is 0 Å². The van der Waals surface area contributed by atoms with Gasteiger partial charge in [-0.25, -0.2) is 4.79 Å². The van der Waals surface area contributed by atoms with Crippen molar-refractivity contribution >= 4 is 17.6 Å². The van der Waals surface area contributed by atoms with Crippen LogP contribution in [0.3, 0.4) is 0 Å². The van der Waals surface area contributed by atoms with Gasteiger partial charge in [0.05, 0.1) is 6.61 Å².